The highest BCUT2D eigenvalue weighted by atomic mass is 16.5. The molecule has 180 valence electrons. The monoisotopic (exact) mass is 448 g/mol. The molecule has 0 aliphatic rings. The molecule has 3 rings (SSSR count). The lowest BCUT2D eigenvalue weighted by Gasteiger charge is -2.10. The Morgan fingerprint density at radius 2 is 1.21 bits per heavy atom. The number of ether oxygens (including phenoxy) is 1. The number of para-hydroxylation sites is 2. The molecule has 33 heavy (non-hydrogen) atoms. The highest BCUT2D eigenvalue weighted by Gasteiger charge is 2.12. The zero-order valence-electron chi connectivity index (χ0n) is 21.0. The Morgan fingerprint density at radius 3 is 1.79 bits per heavy atom. The second-order valence-corrected chi connectivity index (χ2v) is 9.40. The van der Waals surface area contributed by atoms with Crippen LogP contribution in [0.25, 0.3) is 22.4 Å². The maximum atomic E-state index is 5.32. The van der Waals surface area contributed by atoms with Crippen LogP contribution in [0, 0.1) is 0 Å². The molecule has 3 heteroatoms. The summed E-state index contributed by atoms with van der Waals surface area (Å²) in [7, 11) is 1.71. The van der Waals surface area contributed by atoms with Crippen LogP contribution < -0.4 is 4.74 Å². The number of nitrogens with zero attached hydrogens (tertiary/aromatic N) is 2. The van der Waals surface area contributed by atoms with E-state index in [-0.39, 0.29) is 0 Å². The third-order valence-corrected chi connectivity index (χ3v) is 6.74. The van der Waals surface area contributed by atoms with E-state index >= 15 is 0 Å². The SMILES string of the molecule is CCCCCCCCCCCCCCCCn1c(-c2ccc(OC)cc2)nc2ccccc21. The fraction of sp³-hybridized carbons (Fsp3) is 0.567. The van der Waals surface area contributed by atoms with Gasteiger partial charge in [-0.3, -0.25) is 0 Å². The number of fused-ring (bicyclic) bond motifs is 1. The molecule has 0 bridgehead atoms. The van der Waals surface area contributed by atoms with Crippen molar-refractivity contribution in [1.82, 2.24) is 9.55 Å². The molecule has 1 aromatic heterocycles. The van der Waals surface area contributed by atoms with E-state index < -0.39 is 0 Å². The molecule has 0 fully saturated rings. The third kappa shape index (κ3) is 8.21. The van der Waals surface area contributed by atoms with Gasteiger partial charge < -0.3 is 9.30 Å². The van der Waals surface area contributed by atoms with Gasteiger partial charge >= 0.3 is 0 Å². The van der Waals surface area contributed by atoms with E-state index in [4.69, 9.17) is 9.72 Å². The average molecular weight is 449 g/mol. The molecule has 0 spiro atoms. The summed E-state index contributed by atoms with van der Waals surface area (Å²) in [4.78, 5) is 4.95. The summed E-state index contributed by atoms with van der Waals surface area (Å²) in [6, 6.07) is 16.8. The van der Waals surface area contributed by atoms with Crippen molar-refractivity contribution in [1.29, 1.82) is 0 Å². The normalized spacial score (nSPS) is 11.3. The minimum Gasteiger partial charge on any atom is -0.497 e. The standard InChI is InChI=1S/C30H44N2O/c1-3-4-5-6-7-8-9-10-11-12-13-14-15-18-25-32-29-20-17-16-19-28(29)31-30(32)26-21-23-27(33-2)24-22-26/h16-17,19-24H,3-15,18,25H2,1-2H3. The number of benzene rings is 2. The first-order valence-electron chi connectivity index (χ1n) is 13.4. The minimum absolute atomic E-state index is 0.883. The van der Waals surface area contributed by atoms with E-state index in [1.807, 2.05) is 12.1 Å². The Kier molecular flexibility index (Phi) is 11.3. The van der Waals surface area contributed by atoms with E-state index in [1.165, 1.54) is 95.4 Å². The molecule has 0 aliphatic carbocycles. The Hall–Kier alpha value is -2.29. The lowest BCUT2D eigenvalue weighted by atomic mass is 10.0. The summed E-state index contributed by atoms with van der Waals surface area (Å²) < 4.78 is 7.72. The number of aryl methyl sites for hydroxylation is 1. The smallest absolute Gasteiger partial charge is 0.141 e. The second-order valence-electron chi connectivity index (χ2n) is 9.40. The van der Waals surface area contributed by atoms with Crippen LogP contribution in [0.5, 0.6) is 5.75 Å². The lowest BCUT2D eigenvalue weighted by molar-refractivity contribution is 0.415. The molecule has 0 N–H and O–H groups in total. The molecule has 0 saturated heterocycles. The number of hydrogen-bond acceptors (Lipinski definition) is 2. The molecule has 0 amide bonds. The Labute approximate surface area is 201 Å². The molecule has 3 nitrogen and oxygen atoms in total. The summed E-state index contributed by atoms with van der Waals surface area (Å²) in [6.07, 6.45) is 19.5. The average Bonchev–Trinajstić information content (AvgIpc) is 3.23. The first kappa shape index (κ1) is 25.3. The van der Waals surface area contributed by atoms with E-state index in [2.05, 4.69) is 47.9 Å². The number of methoxy groups -OCH3 is 1. The molecular formula is C30H44N2O. The van der Waals surface area contributed by atoms with Gasteiger partial charge in [0.15, 0.2) is 0 Å². The summed E-state index contributed by atoms with van der Waals surface area (Å²) in [6.45, 7) is 3.32. The van der Waals surface area contributed by atoms with Gasteiger partial charge in [-0.25, -0.2) is 4.98 Å². The highest BCUT2D eigenvalue weighted by molar-refractivity contribution is 5.80. The van der Waals surface area contributed by atoms with Gasteiger partial charge in [0, 0.05) is 12.1 Å². The fourth-order valence-electron chi connectivity index (χ4n) is 4.73. The fourth-order valence-corrected chi connectivity index (χ4v) is 4.73. The van der Waals surface area contributed by atoms with Crippen molar-refractivity contribution in [3.63, 3.8) is 0 Å². The predicted molar refractivity (Wildman–Crippen MR) is 142 cm³/mol. The number of unbranched alkanes of at least 4 members (excludes halogenated alkanes) is 13. The Bertz CT molecular complexity index is 913. The van der Waals surface area contributed by atoms with Crippen molar-refractivity contribution in [2.24, 2.45) is 0 Å². The first-order valence-corrected chi connectivity index (χ1v) is 13.4. The largest absolute Gasteiger partial charge is 0.497 e. The topological polar surface area (TPSA) is 27.1 Å². The van der Waals surface area contributed by atoms with Crippen LogP contribution in [0.1, 0.15) is 96.8 Å². The van der Waals surface area contributed by atoms with Crippen LogP contribution in [0.4, 0.5) is 0 Å². The van der Waals surface area contributed by atoms with Crippen LogP contribution in [-0.4, -0.2) is 16.7 Å². The molecule has 2 aromatic carbocycles. The summed E-state index contributed by atoms with van der Waals surface area (Å²) in [5, 5.41) is 0. The van der Waals surface area contributed by atoms with Crippen molar-refractivity contribution in [2.45, 2.75) is 103 Å². The van der Waals surface area contributed by atoms with Crippen LogP contribution in [0.15, 0.2) is 48.5 Å². The molecule has 1 heterocycles. The van der Waals surface area contributed by atoms with Gasteiger partial charge in [0.2, 0.25) is 0 Å². The van der Waals surface area contributed by atoms with Gasteiger partial charge in [-0.15, -0.1) is 0 Å². The molecule has 0 aliphatic heterocycles. The van der Waals surface area contributed by atoms with E-state index in [0.29, 0.717) is 0 Å². The van der Waals surface area contributed by atoms with Gasteiger partial charge in [0.25, 0.3) is 0 Å². The van der Waals surface area contributed by atoms with E-state index in [0.717, 1.165) is 29.2 Å². The summed E-state index contributed by atoms with van der Waals surface area (Å²) >= 11 is 0. The quantitative estimate of drug-likeness (QED) is 0.192. The van der Waals surface area contributed by atoms with E-state index in [1.54, 1.807) is 7.11 Å². The second kappa shape index (κ2) is 14.8. The van der Waals surface area contributed by atoms with Crippen LogP contribution >= 0.6 is 0 Å². The van der Waals surface area contributed by atoms with Crippen LogP contribution in [0.2, 0.25) is 0 Å². The molecule has 3 aromatic rings. The molecular weight excluding hydrogens is 404 g/mol. The van der Waals surface area contributed by atoms with Crippen LogP contribution in [-0.2, 0) is 6.54 Å². The zero-order chi connectivity index (χ0) is 23.1. The molecule has 0 saturated carbocycles. The minimum atomic E-state index is 0.883. The zero-order valence-corrected chi connectivity index (χ0v) is 21.0. The third-order valence-electron chi connectivity index (χ3n) is 6.74. The van der Waals surface area contributed by atoms with Gasteiger partial charge in [-0.2, -0.15) is 0 Å². The van der Waals surface area contributed by atoms with Crippen molar-refractivity contribution >= 4 is 11.0 Å². The molecule has 0 radical (unpaired) electrons. The predicted octanol–water partition coefficient (Wildman–Crippen LogP) is 9.19. The van der Waals surface area contributed by atoms with Gasteiger partial charge in [-0.05, 0) is 42.8 Å². The molecule has 0 unspecified atom stereocenters. The van der Waals surface area contributed by atoms with Crippen molar-refractivity contribution in [3.05, 3.63) is 48.5 Å². The molecule has 0 atom stereocenters. The van der Waals surface area contributed by atoms with Gasteiger partial charge in [-0.1, -0.05) is 103 Å². The highest BCUT2D eigenvalue weighted by Crippen LogP contribution is 2.27. The number of imidazole rings is 1. The van der Waals surface area contributed by atoms with E-state index in [9.17, 15) is 0 Å². The van der Waals surface area contributed by atoms with Gasteiger partial charge in [0.05, 0.1) is 18.1 Å². The van der Waals surface area contributed by atoms with Crippen molar-refractivity contribution < 1.29 is 4.74 Å². The van der Waals surface area contributed by atoms with Crippen molar-refractivity contribution in [3.8, 4) is 17.1 Å². The lowest BCUT2D eigenvalue weighted by Crippen LogP contribution is -2.01. The maximum absolute atomic E-state index is 5.32. The Balaban J connectivity index is 1.37. The Morgan fingerprint density at radius 1 is 0.667 bits per heavy atom. The summed E-state index contributed by atoms with van der Waals surface area (Å²) in [5.41, 5.74) is 3.46. The number of aromatic nitrogens is 2. The van der Waals surface area contributed by atoms with Crippen molar-refractivity contribution in [2.75, 3.05) is 7.11 Å². The maximum Gasteiger partial charge on any atom is 0.141 e. The van der Waals surface area contributed by atoms with Gasteiger partial charge in [0.1, 0.15) is 11.6 Å². The first-order chi connectivity index (χ1) is 16.3. The number of rotatable bonds is 17. The number of hydrogen-bond donors (Lipinski definition) is 0. The van der Waals surface area contributed by atoms with Crippen LogP contribution in [0.3, 0.4) is 0 Å². The summed E-state index contributed by atoms with van der Waals surface area (Å²) in [5.74, 6) is 1.95.